The maximum absolute atomic E-state index is 12.9. The lowest BCUT2D eigenvalue weighted by atomic mass is 9.90. The van der Waals surface area contributed by atoms with E-state index in [-0.39, 0.29) is 11.9 Å². The third kappa shape index (κ3) is 4.33. The summed E-state index contributed by atoms with van der Waals surface area (Å²) in [7, 11) is 0. The number of amides is 3. The topological polar surface area (TPSA) is 52.7 Å². The Balaban J connectivity index is 1.62. The number of carbonyl (C=O) groups is 2. The Morgan fingerprint density at radius 3 is 2.48 bits per heavy atom. The van der Waals surface area contributed by atoms with Crippen molar-refractivity contribution in [3.8, 4) is 0 Å². The van der Waals surface area contributed by atoms with Crippen molar-refractivity contribution >= 4 is 11.9 Å². The van der Waals surface area contributed by atoms with E-state index in [1.165, 1.54) is 24.0 Å². The molecule has 5 heteroatoms. The van der Waals surface area contributed by atoms with Gasteiger partial charge in [-0.2, -0.15) is 0 Å². The highest BCUT2D eigenvalue weighted by Gasteiger charge is 2.23. The first-order valence-corrected chi connectivity index (χ1v) is 9.63. The van der Waals surface area contributed by atoms with Crippen LogP contribution in [0.15, 0.2) is 18.2 Å². The van der Waals surface area contributed by atoms with Gasteiger partial charge in [0, 0.05) is 38.3 Å². The molecule has 2 aliphatic rings. The van der Waals surface area contributed by atoms with Gasteiger partial charge in [0.1, 0.15) is 0 Å². The van der Waals surface area contributed by atoms with Gasteiger partial charge in [-0.3, -0.25) is 4.79 Å². The van der Waals surface area contributed by atoms with Crippen LogP contribution in [0.1, 0.15) is 54.1 Å². The van der Waals surface area contributed by atoms with E-state index in [1.807, 2.05) is 22.8 Å². The first kappa shape index (κ1) is 17.8. The van der Waals surface area contributed by atoms with Gasteiger partial charge in [0.15, 0.2) is 0 Å². The summed E-state index contributed by atoms with van der Waals surface area (Å²) in [5, 5.41) is 2.92. The number of urea groups is 1. The van der Waals surface area contributed by atoms with Gasteiger partial charge in [-0.1, -0.05) is 13.0 Å². The number of nitrogens with one attached hydrogen (secondary N) is 1. The van der Waals surface area contributed by atoms with Crippen molar-refractivity contribution in [2.24, 2.45) is 0 Å². The number of hydrogen-bond acceptors (Lipinski definition) is 2. The van der Waals surface area contributed by atoms with Crippen molar-refractivity contribution in [2.45, 2.75) is 45.4 Å². The molecule has 25 heavy (non-hydrogen) atoms. The van der Waals surface area contributed by atoms with Crippen molar-refractivity contribution < 1.29 is 9.59 Å². The third-order valence-corrected chi connectivity index (χ3v) is 5.19. The average molecular weight is 343 g/mol. The fourth-order valence-corrected chi connectivity index (χ4v) is 3.72. The Morgan fingerprint density at radius 2 is 1.68 bits per heavy atom. The quantitative estimate of drug-likeness (QED) is 0.917. The number of hydrogen-bond donors (Lipinski definition) is 1. The van der Waals surface area contributed by atoms with Crippen LogP contribution in [0.2, 0.25) is 0 Å². The van der Waals surface area contributed by atoms with Gasteiger partial charge in [0.05, 0.1) is 0 Å². The summed E-state index contributed by atoms with van der Waals surface area (Å²) >= 11 is 0. The molecule has 3 rings (SSSR count). The van der Waals surface area contributed by atoms with E-state index in [1.54, 1.807) is 0 Å². The molecule has 136 valence electrons. The summed E-state index contributed by atoms with van der Waals surface area (Å²) in [5.41, 5.74) is 3.54. The Kier molecular flexibility index (Phi) is 5.95. The molecule has 1 aromatic carbocycles. The first-order chi connectivity index (χ1) is 12.2. The summed E-state index contributed by atoms with van der Waals surface area (Å²) in [6.45, 7) is 5.38. The molecule has 0 atom stereocenters. The van der Waals surface area contributed by atoms with E-state index in [2.05, 4.69) is 17.4 Å². The minimum atomic E-state index is -0.00932. The minimum Gasteiger partial charge on any atom is -0.338 e. The Hall–Kier alpha value is -2.04. The molecule has 0 aromatic heterocycles. The van der Waals surface area contributed by atoms with Crippen LogP contribution in [-0.4, -0.2) is 54.5 Å². The van der Waals surface area contributed by atoms with Crippen LogP contribution in [0.25, 0.3) is 0 Å². The van der Waals surface area contributed by atoms with E-state index < -0.39 is 0 Å². The lowest BCUT2D eigenvalue weighted by Gasteiger charge is -2.23. The largest absolute Gasteiger partial charge is 0.338 e. The minimum absolute atomic E-state index is 0.00932. The van der Waals surface area contributed by atoms with Crippen molar-refractivity contribution in [1.29, 1.82) is 0 Å². The van der Waals surface area contributed by atoms with E-state index in [0.29, 0.717) is 32.7 Å². The van der Waals surface area contributed by atoms with Gasteiger partial charge >= 0.3 is 6.03 Å². The molecule has 0 unspecified atom stereocenters. The third-order valence-electron chi connectivity index (χ3n) is 5.19. The second-order valence-electron chi connectivity index (χ2n) is 7.06. The average Bonchev–Trinajstić information content (AvgIpc) is 2.91. The number of rotatable bonds is 3. The molecule has 1 saturated heterocycles. The lowest BCUT2D eigenvalue weighted by Crippen LogP contribution is -2.42. The van der Waals surface area contributed by atoms with E-state index >= 15 is 0 Å². The number of aryl methyl sites for hydroxylation is 2. The monoisotopic (exact) mass is 343 g/mol. The predicted octanol–water partition coefficient (Wildman–Crippen LogP) is 2.83. The molecule has 1 N–H and O–H groups in total. The number of fused-ring (bicyclic) bond motifs is 1. The second-order valence-corrected chi connectivity index (χ2v) is 7.06. The van der Waals surface area contributed by atoms with E-state index in [9.17, 15) is 9.59 Å². The highest BCUT2D eigenvalue weighted by molar-refractivity contribution is 5.94. The number of nitrogens with zero attached hydrogens (tertiary/aromatic N) is 2. The van der Waals surface area contributed by atoms with Crippen LogP contribution in [0.4, 0.5) is 4.79 Å². The van der Waals surface area contributed by atoms with Crippen LogP contribution >= 0.6 is 0 Å². The van der Waals surface area contributed by atoms with Crippen LogP contribution < -0.4 is 5.32 Å². The number of benzene rings is 1. The zero-order valence-electron chi connectivity index (χ0n) is 15.2. The normalized spacial score (nSPS) is 17.6. The van der Waals surface area contributed by atoms with Gasteiger partial charge in [-0.05, 0) is 61.8 Å². The van der Waals surface area contributed by atoms with Crippen molar-refractivity contribution in [1.82, 2.24) is 15.1 Å². The molecule has 1 aromatic rings. The predicted molar refractivity (Wildman–Crippen MR) is 98.9 cm³/mol. The van der Waals surface area contributed by atoms with E-state index in [0.717, 1.165) is 31.2 Å². The molecule has 5 nitrogen and oxygen atoms in total. The molecule has 3 amide bonds. The molecule has 0 radical (unpaired) electrons. The summed E-state index contributed by atoms with van der Waals surface area (Å²) in [5.74, 6) is 0.101. The van der Waals surface area contributed by atoms with Crippen molar-refractivity contribution in [3.63, 3.8) is 0 Å². The zero-order chi connectivity index (χ0) is 17.6. The van der Waals surface area contributed by atoms with Gasteiger partial charge in [0.25, 0.3) is 5.91 Å². The van der Waals surface area contributed by atoms with Crippen LogP contribution in [0.3, 0.4) is 0 Å². The Labute approximate surface area is 150 Å². The van der Waals surface area contributed by atoms with Crippen molar-refractivity contribution in [3.05, 3.63) is 34.9 Å². The maximum Gasteiger partial charge on any atom is 0.317 e. The molecule has 1 aliphatic carbocycles. The molecule has 1 fully saturated rings. The molecule has 1 aliphatic heterocycles. The first-order valence-electron chi connectivity index (χ1n) is 9.63. The van der Waals surface area contributed by atoms with Gasteiger partial charge < -0.3 is 15.1 Å². The smallest absolute Gasteiger partial charge is 0.317 e. The standard InChI is InChI=1S/C20H29N3O2/c1-2-10-21-20(25)23-12-5-11-22(13-14-23)19(24)18-9-8-16-6-3-4-7-17(16)15-18/h8-9,15H,2-7,10-14H2,1H3,(H,21,25). The van der Waals surface area contributed by atoms with Gasteiger partial charge in [0.2, 0.25) is 0 Å². The summed E-state index contributed by atoms with van der Waals surface area (Å²) in [4.78, 5) is 28.8. The van der Waals surface area contributed by atoms with Crippen LogP contribution in [0.5, 0.6) is 0 Å². The van der Waals surface area contributed by atoms with Gasteiger partial charge in [-0.25, -0.2) is 4.79 Å². The highest BCUT2D eigenvalue weighted by atomic mass is 16.2. The van der Waals surface area contributed by atoms with Gasteiger partial charge in [-0.15, -0.1) is 0 Å². The molecular weight excluding hydrogens is 314 g/mol. The second kappa shape index (κ2) is 8.37. The lowest BCUT2D eigenvalue weighted by molar-refractivity contribution is 0.0762. The Bertz CT molecular complexity index is 629. The van der Waals surface area contributed by atoms with Crippen LogP contribution in [0, 0.1) is 0 Å². The molecule has 0 saturated carbocycles. The fraction of sp³-hybridized carbons (Fsp3) is 0.600. The Morgan fingerprint density at radius 1 is 0.960 bits per heavy atom. The molecular formula is C20H29N3O2. The fourth-order valence-electron chi connectivity index (χ4n) is 3.72. The van der Waals surface area contributed by atoms with Crippen LogP contribution in [-0.2, 0) is 12.8 Å². The maximum atomic E-state index is 12.9. The number of carbonyl (C=O) groups excluding carboxylic acids is 2. The van der Waals surface area contributed by atoms with Crippen molar-refractivity contribution in [2.75, 3.05) is 32.7 Å². The summed E-state index contributed by atoms with van der Waals surface area (Å²) in [6, 6.07) is 6.19. The summed E-state index contributed by atoms with van der Waals surface area (Å²) in [6.07, 6.45) is 6.45. The molecule has 0 bridgehead atoms. The molecule has 1 heterocycles. The van der Waals surface area contributed by atoms with E-state index in [4.69, 9.17) is 0 Å². The SMILES string of the molecule is CCCNC(=O)N1CCCN(C(=O)c2ccc3c(c2)CCCC3)CC1. The highest BCUT2D eigenvalue weighted by Crippen LogP contribution is 2.23. The zero-order valence-corrected chi connectivity index (χ0v) is 15.2. The summed E-state index contributed by atoms with van der Waals surface area (Å²) < 4.78 is 0. The molecule has 0 spiro atoms.